The molecule has 130 valence electrons. The summed E-state index contributed by atoms with van der Waals surface area (Å²) in [6, 6.07) is 16.0. The largest absolute Gasteiger partial charge is 0.301 e. The van der Waals surface area contributed by atoms with E-state index in [1.807, 2.05) is 41.1 Å². The van der Waals surface area contributed by atoms with E-state index in [1.165, 1.54) is 18.5 Å². The number of rotatable bonds is 3. The number of benzene rings is 2. The predicted octanol–water partition coefficient (Wildman–Crippen LogP) is 3.39. The summed E-state index contributed by atoms with van der Waals surface area (Å²) < 4.78 is 24.8. The van der Waals surface area contributed by atoms with E-state index in [0.717, 1.165) is 22.2 Å². The average Bonchev–Trinajstić information content (AvgIpc) is 3.03. The summed E-state index contributed by atoms with van der Waals surface area (Å²) in [5, 5.41) is 6.25. The smallest absolute Gasteiger partial charge is 0.238 e. The van der Waals surface area contributed by atoms with Gasteiger partial charge >= 0.3 is 0 Å². The summed E-state index contributed by atoms with van der Waals surface area (Å²) in [5.74, 6) is 0. The van der Waals surface area contributed by atoms with Gasteiger partial charge in [0.2, 0.25) is 10.0 Å². The molecular formula is C18H13ClN4O2S. The third-order valence-electron chi connectivity index (χ3n) is 4.06. The standard InChI is InChI=1S/C18H13ClN4O2S/c19-17-16-15(12-4-2-1-3-5-12)10-23(18(16)22-11-21-17)13-6-8-14(9-7-13)26(20,24)25/h1-11H,(H2,20,24,25). The number of halogens is 1. The molecule has 4 rings (SSSR count). The molecule has 0 amide bonds. The Balaban J connectivity index is 1.96. The van der Waals surface area contributed by atoms with Crippen LogP contribution in [0.4, 0.5) is 0 Å². The van der Waals surface area contributed by atoms with E-state index in [-0.39, 0.29) is 4.90 Å². The number of aromatic nitrogens is 3. The Morgan fingerprint density at radius 3 is 2.31 bits per heavy atom. The van der Waals surface area contributed by atoms with Gasteiger partial charge in [-0.3, -0.25) is 0 Å². The SMILES string of the molecule is NS(=O)(=O)c1ccc(-n2cc(-c3ccccc3)c3c(Cl)ncnc32)cc1. The fraction of sp³-hybridized carbons (Fsp3) is 0. The third-order valence-corrected chi connectivity index (χ3v) is 5.28. The lowest BCUT2D eigenvalue weighted by Crippen LogP contribution is -2.12. The Bertz CT molecular complexity index is 1200. The van der Waals surface area contributed by atoms with Crippen LogP contribution in [0.1, 0.15) is 0 Å². The van der Waals surface area contributed by atoms with E-state index in [1.54, 1.807) is 12.1 Å². The van der Waals surface area contributed by atoms with Gasteiger partial charge < -0.3 is 4.57 Å². The summed E-state index contributed by atoms with van der Waals surface area (Å²) in [6.45, 7) is 0. The Labute approximate surface area is 154 Å². The van der Waals surface area contributed by atoms with E-state index >= 15 is 0 Å². The van der Waals surface area contributed by atoms with Gasteiger partial charge in [0.15, 0.2) is 0 Å². The van der Waals surface area contributed by atoms with Crippen molar-refractivity contribution in [3.8, 4) is 16.8 Å². The molecule has 2 heterocycles. The Morgan fingerprint density at radius 1 is 0.962 bits per heavy atom. The van der Waals surface area contributed by atoms with Gasteiger partial charge in [-0.25, -0.2) is 23.5 Å². The highest BCUT2D eigenvalue weighted by Gasteiger charge is 2.16. The number of nitrogens with two attached hydrogens (primary N) is 1. The highest BCUT2D eigenvalue weighted by Crippen LogP contribution is 2.34. The van der Waals surface area contributed by atoms with Crippen molar-refractivity contribution >= 4 is 32.7 Å². The van der Waals surface area contributed by atoms with Crippen molar-refractivity contribution in [1.29, 1.82) is 0 Å². The number of hydrogen-bond acceptors (Lipinski definition) is 4. The van der Waals surface area contributed by atoms with Crippen molar-refractivity contribution < 1.29 is 8.42 Å². The van der Waals surface area contributed by atoms with Crippen LogP contribution < -0.4 is 5.14 Å². The number of fused-ring (bicyclic) bond motifs is 1. The van der Waals surface area contributed by atoms with Gasteiger partial charge in [-0.05, 0) is 29.8 Å². The maximum absolute atomic E-state index is 11.5. The first-order chi connectivity index (χ1) is 12.4. The summed E-state index contributed by atoms with van der Waals surface area (Å²) >= 11 is 6.34. The molecule has 2 aromatic heterocycles. The lowest BCUT2D eigenvalue weighted by Gasteiger charge is -2.05. The highest BCUT2D eigenvalue weighted by molar-refractivity contribution is 7.89. The number of hydrogen-bond donors (Lipinski definition) is 1. The lowest BCUT2D eigenvalue weighted by atomic mass is 10.1. The quantitative estimate of drug-likeness (QED) is 0.548. The molecule has 0 radical (unpaired) electrons. The molecule has 2 aromatic carbocycles. The Kier molecular flexibility index (Phi) is 3.99. The molecule has 0 spiro atoms. The van der Waals surface area contributed by atoms with Gasteiger partial charge in [-0.15, -0.1) is 0 Å². The van der Waals surface area contributed by atoms with Crippen LogP contribution in [0.15, 0.2) is 72.0 Å². The van der Waals surface area contributed by atoms with E-state index in [4.69, 9.17) is 16.7 Å². The third kappa shape index (κ3) is 2.86. The molecule has 0 fully saturated rings. The second-order valence-electron chi connectivity index (χ2n) is 5.68. The molecule has 8 heteroatoms. The lowest BCUT2D eigenvalue weighted by molar-refractivity contribution is 0.598. The van der Waals surface area contributed by atoms with Crippen LogP contribution in [0.25, 0.3) is 27.8 Å². The van der Waals surface area contributed by atoms with Crippen molar-refractivity contribution in [2.24, 2.45) is 5.14 Å². The van der Waals surface area contributed by atoms with Gasteiger partial charge in [0.05, 0.1) is 10.3 Å². The zero-order chi connectivity index (χ0) is 18.3. The van der Waals surface area contributed by atoms with Crippen molar-refractivity contribution in [2.75, 3.05) is 0 Å². The zero-order valence-corrected chi connectivity index (χ0v) is 14.9. The fourth-order valence-corrected chi connectivity index (χ4v) is 3.60. The van der Waals surface area contributed by atoms with Crippen LogP contribution in [0, 0.1) is 0 Å². The van der Waals surface area contributed by atoms with Crippen LogP contribution >= 0.6 is 11.6 Å². The van der Waals surface area contributed by atoms with Gasteiger partial charge in [-0.2, -0.15) is 0 Å². The van der Waals surface area contributed by atoms with Crippen molar-refractivity contribution in [1.82, 2.24) is 14.5 Å². The predicted molar refractivity (Wildman–Crippen MR) is 101 cm³/mol. The second kappa shape index (κ2) is 6.21. The van der Waals surface area contributed by atoms with Gasteiger partial charge in [0.1, 0.15) is 17.1 Å². The number of nitrogens with zero attached hydrogens (tertiary/aromatic N) is 3. The summed E-state index contributed by atoms with van der Waals surface area (Å²) in [7, 11) is -3.74. The number of sulfonamides is 1. The molecule has 26 heavy (non-hydrogen) atoms. The Morgan fingerprint density at radius 2 is 1.65 bits per heavy atom. The molecular weight excluding hydrogens is 372 g/mol. The minimum atomic E-state index is -3.74. The van der Waals surface area contributed by atoms with E-state index < -0.39 is 10.0 Å². The Hall–Kier alpha value is -2.74. The summed E-state index contributed by atoms with van der Waals surface area (Å²) in [6.07, 6.45) is 3.31. The van der Waals surface area contributed by atoms with E-state index in [0.29, 0.717) is 10.8 Å². The molecule has 0 aliphatic rings. The fourth-order valence-electron chi connectivity index (χ4n) is 2.85. The molecule has 0 aliphatic carbocycles. The van der Waals surface area contributed by atoms with E-state index in [9.17, 15) is 8.42 Å². The topological polar surface area (TPSA) is 90.9 Å². The van der Waals surface area contributed by atoms with Crippen LogP contribution in [0.2, 0.25) is 5.15 Å². The normalized spacial score (nSPS) is 11.8. The van der Waals surface area contributed by atoms with Crippen LogP contribution in [-0.2, 0) is 10.0 Å². The highest BCUT2D eigenvalue weighted by atomic mass is 35.5. The van der Waals surface area contributed by atoms with E-state index in [2.05, 4.69) is 9.97 Å². The van der Waals surface area contributed by atoms with Crippen molar-refractivity contribution in [3.05, 3.63) is 72.3 Å². The maximum atomic E-state index is 11.5. The van der Waals surface area contributed by atoms with Crippen molar-refractivity contribution in [2.45, 2.75) is 4.90 Å². The molecule has 6 nitrogen and oxygen atoms in total. The first-order valence-electron chi connectivity index (χ1n) is 7.65. The van der Waals surface area contributed by atoms with Gasteiger partial charge in [-0.1, -0.05) is 41.9 Å². The first-order valence-corrected chi connectivity index (χ1v) is 9.58. The molecule has 0 saturated heterocycles. The van der Waals surface area contributed by atoms with Crippen molar-refractivity contribution in [3.63, 3.8) is 0 Å². The molecule has 0 bridgehead atoms. The van der Waals surface area contributed by atoms with Crippen LogP contribution in [-0.4, -0.2) is 23.0 Å². The molecule has 2 N–H and O–H groups in total. The summed E-state index contributed by atoms with van der Waals surface area (Å²) in [4.78, 5) is 8.50. The van der Waals surface area contributed by atoms with Crippen LogP contribution in [0.3, 0.4) is 0 Å². The minimum absolute atomic E-state index is 0.0497. The summed E-state index contributed by atoms with van der Waals surface area (Å²) in [5.41, 5.74) is 3.24. The van der Waals surface area contributed by atoms with Gasteiger partial charge in [0.25, 0.3) is 0 Å². The molecule has 4 aromatic rings. The zero-order valence-electron chi connectivity index (χ0n) is 13.4. The number of primary sulfonamides is 1. The minimum Gasteiger partial charge on any atom is -0.301 e. The average molecular weight is 385 g/mol. The molecule has 0 saturated carbocycles. The van der Waals surface area contributed by atoms with Crippen LogP contribution in [0.5, 0.6) is 0 Å². The maximum Gasteiger partial charge on any atom is 0.238 e. The molecule has 0 unspecified atom stereocenters. The first kappa shape index (κ1) is 16.7. The monoisotopic (exact) mass is 384 g/mol. The van der Waals surface area contributed by atoms with Gasteiger partial charge in [0, 0.05) is 17.4 Å². The molecule has 0 atom stereocenters. The molecule has 0 aliphatic heterocycles. The second-order valence-corrected chi connectivity index (χ2v) is 7.60.